The van der Waals surface area contributed by atoms with E-state index in [9.17, 15) is 24.3 Å². The normalized spacial score (nSPS) is 22.2. The largest absolute Gasteiger partial charge is 0.509 e. The van der Waals surface area contributed by atoms with Gasteiger partial charge in [-0.2, -0.15) is 0 Å². The van der Waals surface area contributed by atoms with Gasteiger partial charge in [0.05, 0.1) is 6.61 Å². The number of para-hydroxylation sites is 1. The Morgan fingerprint density at radius 2 is 1.56 bits per heavy atom. The summed E-state index contributed by atoms with van der Waals surface area (Å²) in [5.41, 5.74) is 2.68. The Labute approximate surface area is 309 Å². The van der Waals surface area contributed by atoms with Gasteiger partial charge in [0.1, 0.15) is 21.4 Å². The van der Waals surface area contributed by atoms with Crippen LogP contribution in [0.15, 0.2) is 36.4 Å². The number of benzene rings is 2. The number of amides is 4. The van der Waals surface area contributed by atoms with E-state index in [1.54, 1.807) is 21.9 Å². The summed E-state index contributed by atoms with van der Waals surface area (Å²) in [7, 11) is 12.0. The summed E-state index contributed by atoms with van der Waals surface area (Å²) in [6, 6.07) is 11.2. The molecule has 274 valence electrons. The van der Waals surface area contributed by atoms with Crippen molar-refractivity contribution in [2.45, 2.75) is 82.9 Å². The van der Waals surface area contributed by atoms with Crippen molar-refractivity contribution in [3.05, 3.63) is 47.5 Å². The molecule has 4 radical (unpaired) electrons. The van der Waals surface area contributed by atoms with Crippen molar-refractivity contribution < 1.29 is 33.8 Å². The summed E-state index contributed by atoms with van der Waals surface area (Å²) in [4.78, 5) is 60.4. The van der Waals surface area contributed by atoms with Crippen LogP contribution in [0.4, 0.5) is 15.3 Å². The summed E-state index contributed by atoms with van der Waals surface area (Å²) in [6.45, 7) is 6.03. The van der Waals surface area contributed by atoms with Crippen LogP contribution in [0, 0.1) is 5.92 Å². The molecule has 2 aromatic rings. The highest BCUT2D eigenvalue weighted by atomic mass is 16.6. The maximum Gasteiger partial charge on any atom is 0.410 e. The van der Waals surface area contributed by atoms with Crippen LogP contribution in [0.5, 0.6) is 5.75 Å². The number of carbonyl (C=O) groups is 4. The summed E-state index contributed by atoms with van der Waals surface area (Å²) in [6.07, 6.45) is 4.75. The van der Waals surface area contributed by atoms with Crippen LogP contribution in [0.1, 0.15) is 63.0 Å². The Morgan fingerprint density at radius 1 is 0.885 bits per heavy atom. The Morgan fingerprint density at radius 3 is 2.23 bits per heavy atom. The number of likely N-dealkylation sites (tertiary alicyclic amines) is 1. The number of rotatable bonds is 9. The summed E-state index contributed by atoms with van der Waals surface area (Å²) in [5, 5.41) is 13.2. The fraction of sp³-hybridized carbons (Fsp3) is 0.579. The standard InChI is InChI=1S/C38H49B2N5O7/c1-2-51-34(46)24-25-7-9-28(10-8-25)42-17-19-43(20-18-42)36(48)33(23-26-21-30(39)35(47)31(40)22-26)52-38(50)44-14-12-29(13-15-44)45-16-11-27-5-3-4-6-32(27)41-37(45)49/h3-6,21-22,25,28-29,33,47H,2,7-20,23-24H2,1H3,(H,41,49)/t25?,28?,33-/m1/s1. The average Bonchev–Trinajstić information content (AvgIpc) is 3.31. The number of phenols is 1. The third-order valence-electron chi connectivity index (χ3n) is 11.2. The molecule has 3 fully saturated rings. The highest BCUT2D eigenvalue weighted by Crippen LogP contribution is 2.31. The molecule has 3 aliphatic heterocycles. The summed E-state index contributed by atoms with van der Waals surface area (Å²) < 4.78 is 11.1. The fourth-order valence-electron chi connectivity index (χ4n) is 8.23. The van der Waals surface area contributed by atoms with Gasteiger partial charge in [0.2, 0.25) is 0 Å². The van der Waals surface area contributed by atoms with Gasteiger partial charge in [0, 0.05) is 76.4 Å². The molecule has 1 atom stereocenters. The number of nitrogens with zero attached hydrogens (tertiary/aromatic N) is 4. The topological polar surface area (TPSA) is 132 Å². The van der Waals surface area contributed by atoms with Gasteiger partial charge in [-0.05, 0) is 75.0 Å². The van der Waals surface area contributed by atoms with Crippen molar-refractivity contribution in [1.82, 2.24) is 19.6 Å². The molecule has 1 saturated carbocycles. The van der Waals surface area contributed by atoms with Crippen LogP contribution < -0.4 is 16.2 Å². The van der Waals surface area contributed by atoms with E-state index in [1.807, 2.05) is 36.1 Å². The molecule has 2 saturated heterocycles. The molecule has 4 amide bonds. The lowest BCUT2D eigenvalue weighted by Gasteiger charge is -2.42. The van der Waals surface area contributed by atoms with Gasteiger partial charge in [-0.15, -0.1) is 0 Å². The van der Waals surface area contributed by atoms with E-state index < -0.39 is 12.2 Å². The molecule has 2 aromatic carbocycles. The number of anilines is 1. The summed E-state index contributed by atoms with van der Waals surface area (Å²) in [5.74, 6) is -0.274. The molecule has 0 unspecified atom stereocenters. The molecular weight excluding hydrogens is 660 g/mol. The fourth-order valence-corrected chi connectivity index (χ4v) is 8.23. The zero-order valence-corrected chi connectivity index (χ0v) is 30.1. The van der Waals surface area contributed by atoms with Crippen molar-refractivity contribution in [3.63, 3.8) is 0 Å². The average molecular weight is 709 g/mol. The minimum absolute atomic E-state index is 0.0253. The van der Waals surface area contributed by atoms with Crippen molar-refractivity contribution >= 4 is 56.3 Å². The van der Waals surface area contributed by atoms with Crippen molar-refractivity contribution in [3.8, 4) is 5.75 Å². The maximum atomic E-state index is 14.1. The van der Waals surface area contributed by atoms with Crippen molar-refractivity contribution in [1.29, 1.82) is 0 Å². The predicted molar refractivity (Wildman–Crippen MR) is 198 cm³/mol. The van der Waals surface area contributed by atoms with Gasteiger partial charge in [-0.25, -0.2) is 9.59 Å². The van der Waals surface area contributed by atoms with E-state index in [-0.39, 0.29) is 47.0 Å². The second-order valence-electron chi connectivity index (χ2n) is 14.5. The number of phenolic OH excluding ortho intramolecular Hbond substituents is 1. The molecule has 0 bridgehead atoms. The first-order valence-electron chi connectivity index (χ1n) is 18.8. The molecule has 6 rings (SSSR count). The Hall–Kier alpha value is -4.19. The van der Waals surface area contributed by atoms with E-state index in [0.29, 0.717) is 89.2 Å². The molecule has 12 nitrogen and oxygen atoms in total. The van der Waals surface area contributed by atoms with Crippen LogP contribution >= 0.6 is 0 Å². The Balaban J connectivity index is 1.05. The number of aromatic hydroxyl groups is 1. The van der Waals surface area contributed by atoms with Gasteiger partial charge in [-0.3, -0.25) is 14.5 Å². The molecular formula is C38H49B2N5O7. The van der Waals surface area contributed by atoms with Gasteiger partial charge in [-0.1, -0.05) is 41.3 Å². The number of ether oxygens (including phenoxy) is 2. The van der Waals surface area contributed by atoms with E-state index in [4.69, 9.17) is 25.2 Å². The summed E-state index contributed by atoms with van der Waals surface area (Å²) >= 11 is 0. The quantitative estimate of drug-likeness (QED) is 0.300. The number of hydrogen-bond acceptors (Lipinski definition) is 8. The highest BCUT2D eigenvalue weighted by molar-refractivity contribution is 6.41. The van der Waals surface area contributed by atoms with Gasteiger partial charge < -0.3 is 34.6 Å². The monoisotopic (exact) mass is 709 g/mol. The zero-order valence-electron chi connectivity index (χ0n) is 30.1. The Bertz CT molecular complexity index is 1580. The molecule has 4 aliphatic rings. The predicted octanol–water partition coefficient (Wildman–Crippen LogP) is 2.24. The van der Waals surface area contributed by atoms with Crippen LogP contribution in [-0.2, 0) is 31.9 Å². The lowest BCUT2D eigenvalue weighted by atomic mass is 9.83. The van der Waals surface area contributed by atoms with E-state index in [2.05, 4.69) is 10.2 Å². The zero-order chi connectivity index (χ0) is 36.8. The van der Waals surface area contributed by atoms with Crippen molar-refractivity contribution in [2.24, 2.45) is 5.92 Å². The van der Waals surface area contributed by atoms with Gasteiger partial charge in [0.25, 0.3) is 5.91 Å². The van der Waals surface area contributed by atoms with Gasteiger partial charge >= 0.3 is 18.1 Å². The molecule has 0 spiro atoms. The molecule has 14 heteroatoms. The van der Waals surface area contributed by atoms with Crippen LogP contribution in [-0.4, -0.2) is 135 Å². The first-order valence-corrected chi connectivity index (χ1v) is 18.8. The first-order chi connectivity index (χ1) is 25.1. The number of fused-ring (bicyclic) bond motifs is 1. The minimum Gasteiger partial charge on any atom is -0.509 e. The van der Waals surface area contributed by atoms with Crippen LogP contribution in [0.25, 0.3) is 0 Å². The third-order valence-corrected chi connectivity index (χ3v) is 11.2. The van der Waals surface area contributed by atoms with E-state index >= 15 is 0 Å². The minimum atomic E-state index is -1.12. The number of hydrogen-bond donors (Lipinski definition) is 2. The number of urea groups is 1. The number of piperazine rings is 1. The lowest BCUT2D eigenvalue weighted by Crippen LogP contribution is -2.55. The van der Waals surface area contributed by atoms with Crippen LogP contribution in [0.3, 0.4) is 0 Å². The van der Waals surface area contributed by atoms with E-state index in [0.717, 1.165) is 43.4 Å². The van der Waals surface area contributed by atoms with E-state index in [1.165, 1.54) is 0 Å². The van der Waals surface area contributed by atoms with Gasteiger partial charge in [0.15, 0.2) is 6.10 Å². The number of nitrogens with one attached hydrogen (secondary N) is 1. The van der Waals surface area contributed by atoms with Crippen LogP contribution in [0.2, 0.25) is 0 Å². The molecule has 0 aromatic heterocycles. The number of esters is 1. The third kappa shape index (κ3) is 9.05. The number of carbonyl (C=O) groups excluding carboxylic acids is 4. The smallest absolute Gasteiger partial charge is 0.410 e. The molecule has 1 aliphatic carbocycles. The first kappa shape index (κ1) is 37.6. The number of piperidine rings is 1. The SMILES string of the molecule is [B]c1cc(C[C@@H](OC(=O)N2CCC(N3CCc4ccccc4NC3=O)CC2)C(=O)N2CCN(C3CCC(CC(=O)OCC)CC3)CC2)cc([B])c1O. The highest BCUT2D eigenvalue weighted by Gasteiger charge is 2.37. The lowest BCUT2D eigenvalue weighted by molar-refractivity contribution is -0.144. The molecule has 2 N–H and O–H groups in total. The molecule has 3 heterocycles. The second-order valence-corrected chi connectivity index (χ2v) is 14.5. The second kappa shape index (κ2) is 17.1. The van der Waals surface area contributed by atoms with Crippen molar-refractivity contribution in [2.75, 3.05) is 57.7 Å². The molecule has 52 heavy (non-hydrogen) atoms. The Kier molecular flexibility index (Phi) is 12.3. The maximum absolute atomic E-state index is 14.1.